The fraction of sp³-hybridized carbons (Fsp3) is 0.429. The molecule has 0 saturated heterocycles. The van der Waals surface area contributed by atoms with Crippen molar-refractivity contribution in [3.05, 3.63) is 41.0 Å². The molecule has 0 aromatic heterocycles. The Morgan fingerprint density at radius 2 is 1.94 bits per heavy atom. The van der Waals surface area contributed by atoms with Gasteiger partial charge in [0.1, 0.15) is 0 Å². The van der Waals surface area contributed by atoms with E-state index in [0.29, 0.717) is 12.5 Å². The number of hydrogen-bond acceptors (Lipinski definition) is 1. The smallest absolute Gasteiger partial charge is 0.0713 e. The summed E-state index contributed by atoms with van der Waals surface area (Å²) in [4.78, 5) is 0. The van der Waals surface area contributed by atoms with Crippen LogP contribution in [0.25, 0.3) is 6.08 Å². The zero-order valence-electron chi connectivity index (χ0n) is 10.2. The maximum absolute atomic E-state index is 5.09. The minimum atomic E-state index is 0.582. The van der Waals surface area contributed by atoms with Crippen LogP contribution in [0.4, 0.5) is 0 Å². The highest BCUT2D eigenvalue weighted by Gasteiger charge is 2.01. The van der Waals surface area contributed by atoms with E-state index in [2.05, 4.69) is 60.1 Å². The van der Waals surface area contributed by atoms with Crippen LogP contribution in [0.3, 0.4) is 0 Å². The Bertz CT molecular complexity index is 338. The van der Waals surface area contributed by atoms with Crippen LogP contribution in [0, 0.1) is 5.92 Å². The summed E-state index contributed by atoms with van der Waals surface area (Å²) in [5.74, 6) is 0.582. The second-order valence-electron chi connectivity index (χ2n) is 4.18. The van der Waals surface area contributed by atoms with E-state index in [1.54, 1.807) is 7.11 Å². The first-order valence-electron chi connectivity index (χ1n) is 5.51. The molecule has 0 radical (unpaired) electrons. The SMILES string of the molecule is COCc1ccc(C=C(CBr)C(C)C)cc1. The average molecular weight is 283 g/mol. The molecule has 0 N–H and O–H groups in total. The Balaban J connectivity index is 2.81. The second kappa shape index (κ2) is 6.87. The first-order chi connectivity index (χ1) is 7.67. The van der Waals surface area contributed by atoms with Gasteiger partial charge in [0.05, 0.1) is 6.61 Å². The van der Waals surface area contributed by atoms with Gasteiger partial charge in [-0.2, -0.15) is 0 Å². The van der Waals surface area contributed by atoms with Crippen molar-refractivity contribution in [1.29, 1.82) is 0 Å². The van der Waals surface area contributed by atoms with Crippen LogP contribution < -0.4 is 0 Å². The summed E-state index contributed by atoms with van der Waals surface area (Å²) < 4.78 is 5.09. The average Bonchev–Trinajstić information content (AvgIpc) is 2.28. The van der Waals surface area contributed by atoms with Gasteiger partial charge in [-0.1, -0.05) is 65.7 Å². The Labute approximate surface area is 107 Å². The van der Waals surface area contributed by atoms with Gasteiger partial charge in [-0.15, -0.1) is 0 Å². The molecular formula is C14H19BrO. The molecule has 0 bridgehead atoms. The lowest BCUT2D eigenvalue weighted by molar-refractivity contribution is 0.185. The quantitative estimate of drug-likeness (QED) is 0.733. The first-order valence-corrected chi connectivity index (χ1v) is 6.63. The molecule has 2 heteroatoms. The summed E-state index contributed by atoms with van der Waals surface area (Å²) in [6, 6.07) is 8.50. The molecule has 0 aliphatic heterocycles. The lowest BCUT2D eigenvalue weighted by Crippen LogP contribution is -1.95. The predicted molar refractivity (Wildman–Crippen MR) is 73.8 cm³/mol. The molecule has 88 valence electrons. The van der Waals surface area contributed by atoms with Gasteiger partial charge in [0.15, 0.2) is 0 Å². The minimum Gasteiger partial charge on any atom is -0.380 e. The van der Waals surface area contributed by atoms with Crippen LogP contribution in [0.5, 0.6) is 0 Å². The largest absolute Gasteiger partial charge is 0.380 e. The van der Waals surface area contributed by atoms with Crippen LogP contribution in [-0.2, 0) is 11.3 Å². The summed E-state index contributed by atoms with van der Waals surface area (Å²) in [6.07, 6.45) is 2.25. The Morgan fingerprint density at radius 3 is 2.38 bits per heavy atom. The number of methoxy groups -OCH3 is 1. The zero-order chi connectivity index (χ0) is 12.0. The van der Waals surface area contributed by atoms with Crippen LogP contribution in [-0.4, -0.2) is 12.4 Å². The van der Waals surface area contributed by atoms with Crippen molar-refractivity contribution in [3.63, 3.8) is 0 Å². The highest BCUT2D eigenvalue weighted by molar-refractivity contribution is 9.09. The third-order valence-electron chi connectivity index (χ3n) is 2.54. The second-order valence-corrected chi connectivity index (χ2v) is 4.74. The summed E-state index contributed by atoms with van der Waals surface area (Å²) in [7, 11) is 1.72. The van der Waals surface area contributed by atoms with Crippen LogP contribution in [0.15, 0.2) is 29.8 Å². The highest BCUT2D eigenvalue weighted by atomic mass is 79.9. The summed E-state index contributed by atoms with van der Waals surface area (Å²) >= 11 is 3.52. The van der Waals surface area contributed by atoms with Gasteiger partial charge in [0, 0.05) is 12.4 Å². The number of alkyl halides is 1. The molecular weight excluding hydrogens is 264 g/mol. The van der Waals surface area contributed by atoms with Gasteiger partial charge in [-0.05, 0) is 17.0 Å². The van der Waals surface area contributed by atoms with Gasteiger partial charge in [-0.3, -0.25) is 0 Å². The molecule has 0 amide bonds. The number of allylic oxidation sites excluding steroid dienone is 1. The fourth-order valence-corrected chi connectivity index (χ4v) is 2.26. The predicted octanol–water partition coefficient (Wildman–Crippen LogP) is 4.27. The van der Waals surface area contributed by atoms with Crippen molar-refractivity contribution in [3.8, 4) is 0 Å². The maximum Gasteiger partial charge on any atom is 0.0713 e. The van der Waals surface area contributed by atoms with Crippen molar-refractivity contribution < 1.29 is 4.74 Å². The van der Waals surface area contributed by atoms with Crippen LogP contribution in [0.2, 0.25) is 0 Å². The lowest BCUT2D eigenvalue weighted by atomic mass is 10.0. The lowest BCUT2D eigenvalue weighted by Gasteiger charge is -2.08. The Hall–Kier alpha value is -0.600. The Morgan fingerprint density at radius 1 is 1.31 bits per heavy atom. The Kier molecular flexibility index (Phi) is 5.78. The van der Waals surface area contributed by atoms with E-state index in [0.717, 1.165) is 5.33 Å². The molecule has 0 aliphatic rings. The molecule has 0 saturated carbocycles. The third-order valence-corrected chi connectivity index (χ3v) is 3.19. The van der Waals surface area contributed by atoms with E-state index in [-0.39, 0.29) is 0 Å². The van der Waals surface area contributed by atoms with E-state index in [1.165, 1.54) is 16.7 Å². The van der Waals surface area contributed by atoms with Gasteiger partial charge in [0.25, 0.3) is 0 Å². The molecule has 1 aromatic carbocycles. The molecule has 0 fully saturated rings. The van der Waals surface area contributed by atoms with Gasteiger partial charge >= 0.3 is 0 Å². The molecule has 1 aromatic rings. The molecule has 0 aliphatic carbocycles. The zero-order valence-corrected chi connectivity index (χ0v) is 11.8. The van der Waals surface area contributed by atoms with Gasteiger partial charge < -0.3 is 4.74 Å². The van der Waals surface area contributed by atoms with Crippen LogP contribution in [0.1, 0.15) is 25.0 Å². The minimum absolute atomic E-state index is 0.582. The molecule has 0 unspecified atom stereocenters. The number of hydrogen-bond donors (Lipinski definition) is 0. The summed E-state index contributed by atoms with van der Waals surface area (Å²) in [6.45, 7) is 5.11. The van der Waals surface area contributed by atoms with Gasteiger partial charge in [0.2, 0.25) is 0 Å². The van der Waals surface area contributed by atoms with Gasteiger partial charge in [-0.25, -0.2) is 0 Å². The van der Waals surface area contributed by atoms with E-state index in [9.17, 15) is 0 Å². The molecule has 16 heavy (non-hydrogen) atoms. The number of halogens is 1. The van der Waals surface area contributed by atoms with Crippen LogP contribution >= 0.6 is 15.9 Å². The topological polar surface area (TPSA) is 9.23 Å². The number of ether oxygens (including phenoxy) is 1. The molecule has 1 nitrogen and oxygen atoms in total. The normalized spacial score (nSPS) is 12.2. The van der Waals surface area contributed by atoms with E-state index in [4.69, 9.17) is 4.74 Å². The van der Waals surface area contributed by atoms with E-state index in [1.807, 2.05) is 0 Å². The molecule has 0 atom stereocenters. The number of benzene rings is 1. The van der Waals surface area contributed by atoms with E-state index < -0.39 is 0 Å². The fourth-order valence-electron chi connectivity index (χ4n) is 1.45. The number of rotatable bonds is 5. The monoisotopic (exact) mass is 282 g/mol. The summed E-state index contributed by atoms with van der Waals surface area (Å²) in [5.41, 5.74) is 3.88. The van der Waals surface area contributed by atoms with Crippen molar-refractivity contribution in [2.45, 2.75) is 20.5 Å². The van der Waals surface area contributed by atoms with Crippen molar-refractivity contribution in [2.75, 3.05) is 12.4 Å². The first kappa shape index (κ1) is 13.5. The standard InChI is InChI=1S/C14H19BrO/c1-11(2)14(9-15)8-12-4-6-13(7-5-12)10-16-3/h4-8,11H,9-10H2,1-3H3. The van der Waals surface area contributed by atoms with Crippen molar-refractivity contribution in [2.24, 2.45) is 5.92 Å². The maximum atomic E-state index is 5.09. The highest BCUT2D eigenvalue weighted by Crippen LogP contribution is 2.17. The molecule has 0 spiro atoms. The van der Waals surface area contributed by atoms with Crippen molar-refractivity contribution >= 4 is 22.0 Å². The molecule has 0 heterocycles. The third kappa shape index (κ3) is 4.11. The molecule has 1 rings (SSSR count). The van der Waals surface area contributed by atoms with Crippen molar-refractivity contribution in [1.82, 2.24) is 0 Å². The van der Waals surface area contributed by atoms with E-state index >= 15 is 0 Å². The summed E-state index contributed by atoms with van der Waals surface area (Å²) in [5, 5.41) is 0.935.